The van der Waals surface area contributed by atoms with Gasteiger partial charge in [0.1, 0.15) is 0 Å². The van der Waals surface area contributed by atoms with Gasteiger partial charge in [0.25, 0.3) is 5.91 Å². The van der Waals surface area contributed by atoms with Crippen LogP contribution < -0.4 is 5.32 Å². The zero-order valence-electron chi connectivity index (χ0n) is 8.85. The zero-order chi connectivity index (χ0) is 11.3. The summed E-state index contributed by atoms with van der Waals surface area (Å²) in [5.74, 6) is -1.30. The van der Waals surface area contributed by atoms with Crippen LogP contribution in [-0.4, -0.2) is 11.9 Å². The van der Waals surface area contributed by atoms with Gasteiger partial charge in [0.2, 0.25) is 0 Å². The summed E-state index contributed by atoms with van der Waals surface area (Å²) in [5, 5.41) is 11.0. The van der Waals surface area contributed by atoms with Crippen LogP contribution in [0.3, 0.4) is 0 Å². The number of hydrogen-bond donors (Lipinski definition) is 1. The van der Waals surface area contributed by atoms with Crippen molar-refractivity contribution in [3.05, 3.63) is 11.4 Å². The van der Waals surface area contributed by atoms with E-state index in [2.05, 4.69) is 5.32 Å². The molecule has 0 spiro atoms. The molecule has 0 aromatic rings. The minimum atomic E-state index is -0.660. The average Bonchev–Trinajstić information content (AvgIpc) is 2.14. The van der Waals surface area contributed by atoms with E-state index < -0.39 is 11.7 Å². The Kier molecular flexibility index (Phi) is 4.29. The summed E-state index contributed by atoms with van der Waals surface area (Å²) < 4.78 is 13.4. The molecule has 15 heavy (non-hydrogen) atoms. The fourth-order valence-electron chi connectivity index (χ4n) is 1.39. The fourth-order valence-corrected chi connectivity index (χ4v) is 1.39. The molecule has 1 N–H and O–H groups in total. The highest BCUT2D eigenvalue weighted by Crippen LogP contribution is 2.29. The smallest absolute Gasteiger partial charge is 0.280 e. The Morgan fingerprint density at radius 3 is 2.73 bits per heavy atom. The van der Waals surface area contributed by atoms with E-state index in [1.807, 2.05) is 13.0 Å². The number of rotatable bonds is 4. The summed E-state index contributed by atoms with van der Waals surface area (Å²) in [4.78, 5) is 11.4. The van der Waals surface area contributed by atoms with E-state index in [0.29, 0.717) is 24.8 Å². The van der Waals surface area contributed by atoms with Crippen molar-refractivity contribution in [3.8, 4) is 6.07 Å². The molecule has 1 rings (SSSR count). The standard InChI is InChI=1S/C11H15FN2O/c1-2-9(6-7-13)14-11(15)10(12)8-4-3-5-8/h9H,2-6H2,1H3,(H,14,15). The lowest BCUT2D eigenvalue weighted by Gasteiger charge is -2.18. The third kappa shape index (κ3) is 3.05. The van der Waals surface area contributed by atoms with Crippen LogP contribution >= 0.6 is 0 Å². The lowest BCUT2D eigenvalue weighted by Crippen LogP contribution is -2.35. The molecule has 0 aromatic heterocycles. The Morgan fingerprint density at radius 2 is 2.33 bits per heavy atom. The molecule has 0 bridgehead atoms. The van der Waals surface area contributed by atoms with Crippen molar-refractivity contribution in [1.29, 1.82) is 5.26 Å². The first-order valence-corrected chi connectivity index (χ1v) is 5.24. The van der Waals surface area contributed by atoms with Gasteiger partial charge in [-0.2, -0.15) is 5.26 Å². The van der Waals surface area contributed by atoms with Crippen LogP contribution in [0, 0.1) is 11.3 Å². The maximum absolute atomic E-state index is 13.4. The Balaban J connectivity index is 2.50. The minimum absolute atomic E-state index is 0.227. The number of nitrogens with one attached hydrogen (secondary N) is 1. The lowest BCUT2D eigenvalue weighted by atomic mass is 9.91. The number of amides is 1. The summed E-state index contributed by atoms with van der Waals surface area (Å²) in [6.07, 6.45) is 3.21. The molecule has 1 aliphatic rings. The van der Waals surface area contributed by atoms with Crippen LogP contribution in [0.5, 0.6) is 0 Å². The third-order valence-electron chi connectivity index (χ3n) is 2.63. The van der Waals surface area contributed by atoms with Gasteiger partial charge in [0, 0.05) is 6.04 Å². The van der Waals surface area contributed by atoms with Crippen molar-refractivity contribution in [1.82, 2.24) is 5.32 Å². The van der Waals surface area contributed by atoms with Crippen molar-refractivity contribution in [2.24, 2.45) is 0 Å². The second kappa shape index (κ2) is 5.50. The van der Waals surface area contributed by atoms with Gasteiger partial charge in [-0.05, 0) is 31.3 Å². The van der Waals surface area contributed by atoms with E-state index in [1.54, 1.807) is 0 Å². The van der Waals surface area contributed by atoms with Crippen LogP contribution in [0.15, 0.2) is 11.4 Å². The van der Waals surface area contributed by atoms with E-state index in [-0.39, 0.29) is 12.5 Å². The summed E-state index contributed by atoms with van der Waals surface area (Å²) in [6.45, 7) is 1.86. The van der Waals surface area contributed by atoms with Crippen molar-refractivity contribution in [2.45, 2.75) is 45.1 Å². The maximum Gasteiger partial charge on any atom is 0.280 e. The van der Waals surface area contributed by atoms with Gasteiger partial charge >= 0.3 is 0 Å². The molecule has 0 heterocycles. The van der Waals surface area contributed by atoms with Crippen molar-refractivity contribution >= 4 is 5.91 Å². The summed E-state index contributed by atoms with van der Waals surface area (Å²) >= 11 is 0. The van der Waals surface area contributed by atoms with Gasteiger partial charge in [-0.3, -0.25) is 4.79 Å². The number of nitrogens with zero attached hydrogens (tertiary/aromatic N) is 1. The van der Waals surface area contributed by atoms with Gasteiger partial charge < -0.3 is 5.32 Å². The quantitative estimate of drug-likeness (QED) is 0.723. The number of hydrogen-bond acceptors (Lipinski definition) is 2. The van der Waals surface area contributed by atoms with Crippen LogP contribution in [0.2, 0.25) is 0 Å². The van der Waals surface area contributed by atoms with Gasteiger partial charge in [0.15, 0.2) is 5.83 Å². The molecule has 1 aliphatic carbocycles. The van der Waals surface area contributed by atoms with Crippen molar-refractivity contribution in [3.63, 3.8) is 0 Å². The number of halogens is 1. The lowest BCUT2D eigenvalue weighted by molar-refractivity contribution is -0.119. The Morgan fingerprint density at radius 1 is 1.67 bits per heavy atom. The Hall–Kier alpha value is -1.37. The van der Waals surface area contributed by atoms with E-state index in [4.69, 9.17) is 5.26 Å². The number of carbonyl (C=O) groups excluding carboxylic acids is 1. The van der Waals surface area contributed by atoms with Gasteiger partial charge in [-0.25, -0.2) is 4.39 Å². The van der Waals surface area contributed by atoms with Crippen LogP contribution in [0.25, 0.3) is 0 Å². The molecule has 82 valence electrons. The first kappa shape index (κ1) is 11.7. The monoisotopic (exact) mass is 210 g/mol. The zero-order valence-corrected chi connectivity index (χ0v) is 8.85. The van der Waals surface area contributed by atoms with Crippen LogP contribution in [0.4, 0.5) is 4.39 Å². The summed E-state index contributed by atoms with van der Waals surface area (Å²) in [5.41, 5.74) is 0.610. The highest BCUT2D eigenvalue weighted by molar-refractivity contribution is 5.92. The van der Waals surface area contributed by atoms with Crippen molar-refractivity contribution in [2.75, 3.05) is 0 Å². The SMILES string of the molecule is CCC(CC#N)NC(=O)C(F)=C1CCC1. The molecule has 3 nitrogen and oxygen atoms in total. The van der Waals surface area contributed by atoms with E-state index >= 15 is 0 Å². The Labute approximate surface area is 89.0 Å². The first-order valence-electron chi connectivity index (χ1n) is 5.24. The topological polar surface area (TPSA) is 52.9 Å². The van der Waals surface area contributed by atoms with Gasteiger partial charge in [-0.1, -0.05) is 6.92 Å². The Bertz CT molecular complexity index is 311. The minimum Gasteiger partial charge on any atom is -0.346 e. The summed E-state index contributed by atoms with van der Waals surface area (Å²) in [7, 11) is 0. The molecular formula is C11H15FN2O. The molecule has 0 aromatic carbocycles. The van der Waals surface area contributed by atoms with E-state index in [1.165, 1.54) is 0 Å². The molecule has 1 unspecified atom stereocenters. The molecule has 1 fully saturated rings. The molecule has 4 heteroatoms. The third-order valence-corrected chi connectivity index (χ3v) is 2.63. The second-order valence-electron chi connectivity index (χ2n) is 3.71. The average molecular weight is 210 g/mol. The van der Waals surface area contributed by atoms with E-state index in [0.717, 1.165) is 6.42 Å². The van der Waals surface area contributed by atoms with Crippen LogP contribution in [-0.2, 0) is 4.79 Å². The fraction of sp³-hybridized carbons (Fsp3) is 0.636. The second-order valence-corrected chi connectivity index (χ2v) is 3.71. The molecule has 1 saturated carbocycles. The normalized spacial score (nSPS) is 16.2. The highest BCUT2D eigenvalue weighted by Gasteiger charge is 2.21. The molecule has 1 amide bonds. The van der Waals surface area contributed by atoms with E-state index in [9.17, 15) is 9.18 Å². The maximum atomic E-state index is 13.4. The molecule has 1 atom stereocenters. The predicted molar refractivity (Wildman–Crippen MR) is 54.4 cm³/mol. The molecule has 0 saturated heterocycles. The van der Waals surface area contributed by atoms with Gasteiger partial charge in [-0.15, -0.1) is 0 Å². The number of allylic oxidation sites excluding steroid dienone is 1. The van der Waals surface area contributed by atoms with Crippen molar-refractivity contribution < 1.29 is 9.18 Å². The first-order chi connectivity index (χ1) is 7.19. The molecular weight excluding hydrogens is 195 g/mol. The summed E-state index contributed by atoms with van der Waals surface area (Å²) in [6, 6.07) is 1.73. The molecule has 0 radical (unpaired) electrons. The highest BCUT2D eigenvalue weighted by atomic mass is 19.1. The predicted octanol–water partition coefficient (Wildman–Crippen LogP) is 2.20. The number of nitriles is 1. The van der Waals surface area contributed by atoms with Crippen LogP contribution in [0.1, 0.15) is 39.0 Å². The number of carbonyl (C=O) groups is 1. The molecule has 0 aliphatic heterocycles. The largest absolute Gasteiger partial charge is 0.346 e. The van der Waals surface area contributed by atoms with Gasteiger partial charge in [0.05, 0.1) is 12.5 Å².